The maximum atomic E-state index is 11.8. The molecule has 0 N–H and O–H groups in total. The number of nitrogens with zero attached hydrogens (tertiary/aromatic N) is 1. The summed E-state index contributed by atoms with van der Waals surface area (Å²) in [4.78, 5) is 11.8. The molecule has 0 atom stereocenters. The minimum absolute atomic E-state index is 0.0371. The van der Waals surface area contributed by atoms with Crippen LogP contribution in [0.25, 0.3) is 6.08 Å². The van der Waals surface area contributed by atoms with E-state index in [1.807, 2.05) is 30.3 Å². The molecular weight excluding hydrogens is 234 g/mol. The third-order valence-corrected chi connectivity index (χ3v) is 3.05. The van der Waals surface area contributed by atoms with E-state index in [9.17, 15) is 4.79 Å². The Morgan fingerprint density at radius 3 is 2.16 bits per heavy atom. The van der Waals surface area contributed by atoms with Gasteiger partial charge >= 0.3 is 0 Å². The van der Waals surface area contributed by atoms with E-state index in [1.165, 1.54) is 5.56 Å². The third-order valence-electron chi connectivity index (χ3n) is 3.05. The molecule has 0 bridgehead atoms. The lowest BCUT2D eigenvalue weighted by Gasteiger charge is -2.18. The lowest BCUT2D eigenvalue weighted by atomic mass is 9.87. The summed E-state index contributed by atoms with van der Waals surface area (Å²) >= 11 is 0. The Kier molecular flexibility index (Phi) is 3.70. The van der Waals surface area contributed by atoms with Crippen LogP contribution in [0.1, 0.15) is 36.7 Å². The molecule has 19 heavy (non-hydrogen) atoms. The highest BCUT2D eigenvalue weighted by atomic mass is 16.1. The van der Waals surface area contributed by atoms with Gasteiger partial charge < -0.3 is 0 Å². The number of allylic oxidation sites excluding steroid dienone is 1. The topological polar surface area (TPSA) is 22.0 Å². The first-order chi connectivity index (χ1) is 8.97. The van der Waals surface area contributed by atoms with Crippen molar-refractivity contribution in [3.8, 4) is 0 Å². The molecule has 0 aliphatic heterocycles. The van der Waals surface area contributed by atoms with Crippen LogP contribution >= 0.6 is 0 Å². The molecule has 2 rings (SSSR count). The summed E-state index contributed by atoms with van der Waals surface area (Å²) in [6.45, 7) is 6.56. The van der Waals surface area contributed by atoms with E-state index >= 15 is 0 Å². The smallest absolute Gasteiger partial charge is 0.254 e. The van der Waals surface area contributed by atoms with Gasteiger partial charge in [-0.1, -0.05) is 45.0 Å². The van der Waals surface area contributed by atoms with E-state index in [0.717, 1.165) is 5.56 Å². The molecule has 0 unspecified atom stereocenters. The van der Waals surface area contributed by atoms with E-state index in [2.05, 4.69) is 32.9 Å². The predicted octanol–water partition coefficient (Wildman–Crippen LogP) is 4.14. The van der Waals surface area contributed by atoms with Gasteiger partial charge in [0.2, 0.25) is 0 Å². The highest BCUT2D eigenvalue weighted by Gasteiger charge is 2.12. The van der Waals surface area contributed by atoms with Crippen molar-refractivity contribution in [1.82, 2.24) is 4.57 Å². The predicted molar refractivity (Wildman–Crippen MR) is 79.2 cm³/mol. The molecule has 98 valence electrons. The number of benzene rings is 1. The molecule has 0 saturated carbocycles. The Balaban J connectivity index is 2.10. The molecular formula is C17H19NO. The van der Waals surface area contributed by atoms with Crippen LogP contribution in [-0.4, -0.2) is 10.5 Å². The first kappa shape index (κ1) is 13.3. The van der Waals surface area contributed by atoms with Gasteiger partial charge in [-0.15, -0.1) is 0 Å². The van der Waals surface area contributed by atoms with Crippen LogP contribution in [0.15, 0.2) is 54.9 Å². The molecule has 0 aliphatic carbocycles. The molecule has 1 aromatic carbocycles. The molecule has 0 saturated heterocycles. The number of carbonyl (C=O) groups excluding carboxylic acids is 1. The standard InChI is InChI=1S/C17H19NO/c1-17(2,3)15-9-6-14(7-10-15)8-11-16(19)18-12-4-5-13-18/h4-13H,1-3H3/b11-8+. The van der Waals surface area contributed by atoms with Crippen molar-refractivity contribution in [2.24, 2.45) is 0 Å². The Hall–Kier alpha value is -2.09. The minimum Gasteiger partial charge on any atom is -0.291 e. The van der Waals surface area contributed by atoms with Gasteiger partial charge in [0.05, 0.1) is 0 Å². The highest BCUT2D eigenvalue weighted by Crippen LogP contribution is 2.22. The van der Waals surface area contributed by atoms with Gasteiger partial charge in [-0.05, 0) is 34.8 Å². The zero-order valence-electron chi connectivity index (χ0n) is 11.6. The summed E-state index contributed by atoms with van der Waals surface area (Å²) in [5, 5.41) is 0. The number of hydrogen-bond acceptors (Lipinski definition) is 1. The average molecular weight is 253 g/mol. The molecule has 2 nitrogen and oxygen atoms in total. The molecule has 0 aliphatic rings. The second kappa shape index (κ2) is 5.27. The van der Waals surface area contributed by atoms with Gasteiger partial charge in [-0.3, -0.25) is 9.36 Å². The van der Waals surface area contributed by atoms with Crippen molar-refractivity contribution in [2.45, 2.75) is 26.2 Å². The van der Waals surface area contributed by atoms with Gasteiger partial charge in [0, 0.05) is 18.5 Å². The summed E-state index contributed by atoms with van der Waals surface area (Å²) in [5.74, 6) is -0.0371. The first-order valence-electron chi connectivity index (χ1n) is 6.43. The van der Waals surface area contributed by atoms with Crippen molar-refractivity contribution >= 4 is 12.0 Å². The van der Waals surface area contributed by atoms with Crippen molar-refractivity contribution in [2.75, 3.05) is 0 Å². The normalized spacial score (nSPS) is 11.9. The first-order valence-corrected chi connectivity index (χ1v) is 6.43. The minimum atomic E-state index is -0.0371. The molecule has 2 heteroatoms. The van der Waals surface area contributed by atoms with E-state index in [1.54, 1.807) is 23.0 Å². The monoisotopic (exact) mass is 253 g/mol. The third kappa shape index (κ3) is 3.44. The number of aromatic nitrogens is 1. The molecule has 0 spiro atoms. The van der Waals surface area contributed by atoms with Crippen molar-refractivity contribution < 1.29 is 4.79 Å². The average Bonchev–Trinajstić information content (AvgIpc) is 2.89. The largest absolute Gasteiger partial charge is 0.291 e. The van der Waals surface area contributed by atoms with Gasteiger partial charge in [-0.25, -0.2) is 0 Å². The lowest BCUT2D eigenvalue weighted by molar-refractivity contribution is 0.0970. The van der Waals surface area contributed by atoms with E-state index < -0.39 is 0 Å². The second-order valence-corrected chi connectivity index (χ2v) is 5.63. The van der Waals surface area contributed by atoms with Crippen LogP contribution in [0, 0.1) is 0 Å². The lowest BCUT2D eigenvalue weighted by Crippen LogP contribution is -2.10. The Morgan fingerprint density at radius 2 is 1.63 bits per heavy atom. The molecule has 2 aromatic rings. The van der Waals surface area contributed by atoms with Gasteiger partial charge in [0.15, 0.2) is 0 Å². The summed E-state index contributed by atoms with van der Waals surface area (Å²) in [5.41, 5.74) is 2.48. The maximum absolute atomic E-state index is 11.8. The molecule has 0 radical (unpaired) electrons. The van der Waals surface area contributed by atoms with Crippen molar-refractivity contribution in [3.63, 3.8) is 0 Å². The summed E-state index contributed by atoms with van der Waals surface area (Å²) < 4.78 is 1.56. The van der Waals surface area contributed by atoms with Crippen LogP contribution in [0.5, 0.6) is 0 Å². The van der Waals surface area contributed by atoms with Crippen LogP contribution in [0.4, 0.5) is 0 Å². The fourth-order valence-corrected chi connectivity index (χ4v) is 1.83. The van der Waals surface area contributed by atoms with Gasteiger partial charge in [0.1, 0.15) is 0 Å². The zero-order valence-corrected chi connectivity index (χ0v) is 11.6. The van der Waals surface area contributed by atoms with Gasteiger partial charge in [0.25, 0.3) is 5.91 Å². The second-order valence-electron chi connectivity index (χ2n) is 5.63. The van der Waals surface area contributed by atoms with Crippen LogP contribution in [0.3, 0.4) is 0 Å². The Labute approximate surface area is 114 Å². The molecule has 0 amide bonds. The summed E-state index contributed by atoms with van der Waals surface area (Å²) in [7, 11) is 0. The Morgan fingerprint density at radius 1 is 1.05 bits per heavy atom. The molecule has 1 aromatic heterocycles. The summed E-state index contributed by atoms with van der Waals surface area (Å²) in [6.07, 6.45) is 6.92. The number of rotatable bonds is 2. The maximum Gasteiger partial charge on any atom is 0.254 e. The van der Waals surface area contributed by atoms with Crippen molar-refractivity contribution in [1.29, 1.82) is 0 Å². The highest BCUT2D eigenvalue weighted by molar-refractivity contribution is 5.93. The van der Waals surface area contributed by atoms with Crippen molar-refractivity contribution in [3.05, 3.63) is 66.0 Å². The van der Waals surface area contributed by atoms with Gasteiger partial charge in [-0.2, -0.15) is 0 Å². The quantitative estimate of drug-likeness (QED) is 0.737. The number of hydrogen-bond donors (Lipinski definition) is 0. The van der Waals surface area contributed by atoms with Crippen LogP contribution in [-0.2, 0) is 5.41 Å². The Bertz CT molecular complexity index is 569. The van der Waals surface area contributed by atoms with E-state index in [-0.39, 0.29) is 11.3 Å². The SMILES string of the molecule is CC(C)(C)c1ccc(/C=C/C(=O)n2cccc2)cc1. The fourth-order valence-electron chi connectivity index (χ4n) is 1.83. The van der Waals surface area contributed by atoms with E-state index in [4.69, 9.17) is 0 Å². The molecule has 1 heterocycles. The van der Waals surface area contributed by atoms with Crippen LogP contribution in [0.2, 0.25) is 0 Å². The van der Waals surface area contributed by atoms with Crippen LogP contribution < -0.4 is 0 Å². The number of carbonyl (C=O) groups is 1. The van der Waals surface area contributed by atoms with E-state index in [0.29, 0.717) is 0 Å². The zero-order chi connectivity index (χ0) is 13.9. The molecule has 0 fully saturated rings. The summed E-state index contributed by atoms with van der Waals surface area (Å²) in [6, 6.07) is 12.0. The fraction of sp³-hybridized carbons (Fsp3) is 0.235.